The molecular formula is C10H7ClN6O2S. The summed E-state index contributed by atoms with van der Waals surface area (Å²) in [6.45, 7) is 0. The van der Waals surface area contributed by atoms with Crippen LogP contribution in [0.3, 0.4) is 0 Å². The van der Waals surface area contributed by atoms with Crippen LogP contribution in [0.1, 0.15) is 5.56 Å². The number of hydrogen-bond donors (Lipinski definition) is 1. The minimum Gasteiger partial charge on any atom is -0.366 e. The number of rotatable bonds is 3. The standard InChI is InChI=1S/C10H7ClN6O2S/c1-20-10-14-9(13)15-16(10)7-3-2-6(17(18)19)5(4-12)8(7)11/h2-3H,1H3,(H2,13,15). The van der Waals surface area contributed by atoms with Crippen LogP contribution in [-0.4, -0.2) is 25.9 Å². The molecule has 1 heterocycles. The van der Waals surface area contributed by atoms with Crippen molar-refractivity contribution < 1.29 is 4.92 Å². The summed E-state index contributed by atoms with van der Waals surface area (Å²) >= 11 is 7.34. The second-order valence-electron chi connectivity index (χ2n) is 3.53. The van der Waals surface area contributed by atoms with Gasteiger partial charge in [-0.15, -0.1) is 5.10 Å². The fraction of sp³-hybridized carbons (Fsp3) is 0.100. The van der Waals surface area contributed by atoms with Gasteiger partial charge in [-0.3, -0.25) is 10.1 Å². The fourth-order valence-corrected chi connectivity index (χ4v) is 2.36. The number of benzene rings is 1. The molecule has 0 saturated heterocycles. The monoisotopic (exact) mass is 310 g/mol. The predicted molar refractivity (Wildman–Crippen MR) is 73.9 cm³/mol. The number of nitro benzene ring substituents is 1. The predicted octanol–water partition coefficient (Wildman–Crippen LogP) is 2.00. The van der Waals surface area contributed by atoms with Gasteiger partial charge < -0.3 is 5.73 Å². The van der Waals surface area contributed by atoms with Crippen molar-refractivity contribution in [1.82, 2.24) is 14.8 Å². The lowest BCUT2D eigenvalue weighted by molar-refractivity contribution is -0.385. The molecule has 0 saturated carbocycles. The zero-order chi connectivity index (χ0) is 14.9. The number of hydrogen-bond acceptors (Lipinski definition) is 7. The van der Waals surface area contributed by atoms with Crippen LogP contribution in [-0.2, 0) is 0 Å². The molecule has 0 unspecified atom stereocenters. The number of thioether (sulfide) groups is 1. The lowest BCUT2D eigenvalue weighted by Gasteiger charge is -2.07. The average molecular weight is 311 g/mol. The van der Waals surface area contributed by atoms with Gasteiger partial charge in [-0.1, -0.05) is 23.4 Å². The minimum absolute atomic E-state index is 0.0438. The third-order valence-electron chi connectivity index (χ3n) is 2.41. The summed E-state index contributed by atoms with van der Waals surface area (Å²) in [5, 5.41) is 24.2. The van der Waals surface area contributed by atoms with E-state index in [-0.39, 0.29) is 22.2 Å². The molecular weight excluding hydrogens is 304 g/mol. The molecule has 2 N–H and O–H groups in total. The maximum Gasteiger partial charge on any atom is 0.288 e. The summed E-state index contributed by atoms with van der Waals surface area (Å²) in [5.74, 6) is 0.0438. The first-order valence-electron chi connectivity index (χ1n) is 5.13. The molecule has 0 atom stereocenters. The van der Waals surface area contributed by atoms with Gasteiger partial charge in [-0.2, -0.15) is 10.2 Å². The van der Waals surface area contributed by atoms with Gasteiger partial charge in [0.25, 0.3) is 5.69 Å². The number of nitrogens with two attached hydrogens (primary N) is 1. The Labute approximate surface area is 122 Å². The Morgan fingerprint density at radius 1 is 1.60 bits per heavy atom. The van der Waals surface area contributed by atoms with Crippen LogP contribution in [0.5, 0.6) is 0 Å². The van der Waals surface area contributed by atoms with Crippen LogP contribution in [0.15, 0.2) is 17.3 Å². The van der Waals surface area contributed by atoms with E-state index in [0.717, 1.165) is 0 Å². The number of aromatic nitrogens is 3. The van der Waals surface area contributed by atoms with E-state index in [2.05, 4.69) is 10.1 Å². The molecule has 10 heteroatoms. The van der Waals surface area contributed by atoms with Crippen LogP contribution < -0.4 is 5.73 Å². The molecule has 0 spiro atoms. The van der Waals surface area contributed by atoms with Gasteiger partial charge in [0, 0.05) is 6.07 Å². The zero-order valence-electron chi connectivity index (χ0n) is 10.1. The molecule has 102 valence electrons. The Balaban J connectivity index is 2.71. The second-order valence-corrected chi connectivity index (χ2v) is 4.68. The molecule has 1 aromatic carbocycles. The largest absolute Gasteiger partial charge is 0.366 e. The molecule has 2 aromatic rings. The number of anilines is 1. The first-order chi connectivity index (χ1) is 9.49. The quantitative estimate of drug-likeness (QED) is 0.522. The Bertz CT molecular complexity index is 738. The Morgan fingerprint density at radius 2 is 2.30 bits per heavy atom. The van der Waals surface area contributed by atoms with E-state index in [1.165, 1.54) is 28.6 Å². The highest BCUT2D eigenvalue weighted by atomic mass is 35.5. The van der Waals surface area contributed by atoms with E-state index in [9.17, 15) is 10.1 Å². The minimum atomic E-state index is -0.667. The molecule has 0 amide bonds. The van der Waals surface area contributed by atoms with E-state index < -0.39 is 4.92 Å². The van der Waals surface area contributed by atoms with Crippen molar-refractivity contribution in [3.63, 3.8) is 0 Å². The van der Waals surface area contributed by atoms with Crippen LogP contribution in [0.4, 0.5) is 11.6 Å². The van der Waals surface area contributed by atoms with Gasteiger partial charge in [-0.05, 0) is 12.3 Å². The molecule has 0 radical (unpaired) electrons. The fourth-order valence-electron chi connectivity index (χ4n) is 1.58. The molecule has 0 fully saturated rings. The SMILES string of the molecule is CSc1nc(N)nn1-c1ccc([N+](=O)[O-])c(C#N)c1Cl. The molecule has 0 aliphatic rings. The number of nitriles is 1. The molecule has 8 nitrogen and oxygen atoms in total. The number of nitro groups is 1. The molecule has 1 aromatic heterocycles. The Kier molecular flexibility index (Phi) is 3.78. The van der Waals surface area contributed by atoms with Gasteiger partial charge in [0.2, 0.25) is 5.95 Å². The van der Waals surface area contributed by atoms with E-state index >= 15 is 0 Å². The van der Waals surface area contributed by atoms with Crippen LogP contribution in [0, 0.1) is 21.4 Å². The summed E-state index contributed by atoms with van der Waals surface area (Å²) in [5.41, 5.74) is 5.24. The van der Waals surface area contributed by atoms with E-state index in [1.54, 1.807) is 12.3 Å². The molecule has 0 aliphatic carbocycles. The van der Waals surface area contributed by atoms with E-state index in [0.29, 0.717) is 10.8 Å². The van der Waals surface area contributed by atoms with Gasteiger partial charge in [-0.25, -0.2) is 4.68 Å². The van der Waals surface area contributed by atoms with Gasteiger partial charge >= 0.3 is 0 Å². The lowest BCUT2D eigenvalue weighted by atomic mass is 10.1. The third kappa shape index (κ3) is 2.26. The maximum atomic E-state index is 10.8. The third-order valence-corrected chi connectivity index (χ3v) is 3.42. The van der Waals surface area contributed by atoms with Crippen molar-refractivity contribution in [2.24, 2.45) is 0 Å². The molecule has 0 aliphatic heterocycles. The first-order valence-corrected chi connectivity index (χ1v) is 6.73. The maximum absolute atomic E-state index is 10.8. The van der Waals surface area contributed by atoms with Crippen molar-refractivity contribution in [2.75, 3.05) is 12.0 Å². The molecule has 20 heavy (non-hydrogen) atoms. The summed E-state index contributed by atoms with van der Waals surface area (Å²) in [6.07, 6.45) is 1.77. The van der Waals surface area contributed by atoms with Crippen molar-refractivity contribution in [3.8, 4) is 11.8 Å². The molecule has 2 rings (SSSR count). The van der Waals surface area contributed by atoms with Crippen molar-refractivity contribution in [3.05, 3.63) is 32.8 Å². The van der Waals surface area contributed by atoms with Crippen LogP contribution in [0.25, 0.3) is 5.69 Å². The highest BCUT2D eigenvalue weighted by molar-refractivity contribution is 7.98. The number of halogens is 1. The van der Waals surface area contributed by atoms with Gasteiger partial charge in [0.15, 0.2) is 10.7 Å². The lowest BCUT2D eigenvalue weighted by Crippen LogP contribution is -2.03. The van der Waals surface area contributed by atoms with Crippen molar-refractivity contribution >= 4 is 35.0 Å². The molecule has 0 bridgehead atoms. The summed E-state index contributed by atoms with van der Waals surface area (Å²) in [7, 11) is 0. The van der Waals surface area contributed by atoms with Crippen molar-refractivity contribution in [2.45, 2.75) is 5.16 Å². The van der Waals surface area contributed by atoms with Crippen molar-refractivity contribution in [1.29, 1.82) is 5.26 Å². The van der Waals surface area contributed by atoms with Crippen LogP contribution >= 0.6 is 23.4 Å². The second kappa shape index (κ2) is 5.36. The summed E-state index contributed by atoms with van der Waals surface area (Å²) in [4.78, 5) is 14.2. The normalized spacial score (nSPS) is 10.2. The Hall–Kier alpha value is -2.31. The van der Waals surface area contributed by atoms with E-state index in [1.807, 2.05) is 0 Å². The smallest absolute Gasteiger partial charge is 0.288 e. The van der Waals surface area contributed by atoms with E-state index in [4.69, 9.17) is 22.6 Å². The summed E-state index contributed by atoms with van der Waals surface area (Å²) in [6, 6.07) is 4.32. The number of nitrogens with zero attached hydrogens (tertiary/aromatic N) is 5. The van der Waals surface area contributed by atoms with Gasteiger partial charge in [0.1, 0.15) is 6.07 Å². The Morgan fingerprint density at radius 3 is 2.85 bits per heavy atom. The highest BCUT2D eigenvalue weighted by Crippen LogP contribution is 2.32. The summed E-state index contributed by atoms with van der Waals surface area (Å²) < 4.78 is 1.34. The number of nitrogen functional groups attached to an aromatic ring is 1. The zero-order valence-corrected chi connectivity index (χ0v) is 11.6. The van der Waals surface area contributed by atoms with Gasteiger partial charge in [0.05, 0.1) is 15.6 Å². The topological polar surface area (TPSA) is 124 Å². The first kappa shape index (κ1) is 14.1. The average Bonchev–Trinajstić information content (AvgIpc) is 2.79. The van der Waals surface area contributed by atoms with Crippen LogP contribution in [0.2, 0.25) is 5.02 Å². The highest BCUT2D eigenvalue weighted by Gasteiger charge is 2.22.